The smallest absolute Gasteiger partial charge is 0.321 e. The lowest BCUT2D eigenvalue weighted by Gasteiger charge is -2.39. The summed E-state index contributed by atoms with van der Waals surface area (Å²) in [6.07, 6.45) is -0.0156. The van der Waals surface area contributed by atoms with E-state index in [1.165, 1.54) is 0 Å². The van der Waals surface area contributed by atoms with E-state index >= 15 is 0 Å². The summed E-state index contributed by atoms with van der Waals surface area (Å²) in [4.78, 5) is 27.6. The number of ether oxygens (including phenoxy) is 1. The Labute approximate surface area is 152 Å². The molecule has 0 aliphatic carbocycles. The number of aliphatic carboxylic acids is 1. The fourth-order valence-electron chi connectivity index (χ4n) is 3.13. The standard InChI is InChI=1S/C20H22N2O4/c1-26-17-9-7-16(8-10-17)12-21-14-22(13-15-5-3-2-4-6-15)19(23)11-18(21)20(24)25/h2-10,18H,11-14H2,1H3,(H,24,25). The van der Waals surface area contributed by atoms with E-state index in [0.717, 1.165) is 16.9 Å². The molecule has 2 aromatic carbocycles. The minimum Gasteiger partial charge on any atom is -0.497 e. The normalized spacial score (nSPS) is 18.0. The topological polar surface area (TPSA) is 70.1 Å². The quantitative estimate of drug-likeness (QED) is 0.862. The second kappa shape index (κ2) is 8.01. The van der Waals surface area contributed by atoms with Crippen LogP contribution in [0.2, 0.25) is 0 Å². The van der Waals surface area contributed by atoms with Gasteiger partial charge in [-0.05, 0) is 23.3 Å². The van der Waals surface area contributed by atoms with Crippen LogP contribution in [0.5, 0.6) is 5.75 Å². The van der Waals surface area contributed by atoms with Gasteiger partial charge < -0.3 is 14.7 Å². The van der Waals surface area contributed by atoms with Crippen LogP contribution < -0.4 is 4.74 Å². The predicted molar refractivity (Wildman–Crippen MR) is 96.4 cm³/mol. The second-order valence-corrected chi connectivity index (χ2v) is 6.37. The van der Waals surface area contributed by atoms with Crippen molar-refractivity contribution in [3.8, 4) is 5.75 Å². The van der Waals surface area contributed by atoms with Crippen LogP contribution in [0.1, 0.15) is 17.5 Å². The Bertz CT molecular complexity index is 761. The van der Waals surface area contributed by atoms with Crippen LogP contribution in [0, 0.1) is 0 Å². The summed E-state index contributed by atoms with van der Waals surface area (Å²) in [5.74, 6) is -0.346. The van der Waals surface area contributed by atoms with Crippen molar-refractivity contribution in [1.82, 2.24) is 9.80 Å². The van der Waals surface area contributed by atoms with Crippen molar-refractivity contribution in [2.45, 2.75) is 25.6 Å². The third kappa shape index (κ3) is 4.21. The SMILES string of the molecule is COc1ccc(CN2CN(Cc3ccccc3)C(=O)CC2C(=O)O)cc1. The van der Waals surface area contributed by atoms with Crippen molar-refractivity contribution in [2.75, 3.05) is 13.8 Å². The number of carboxylic acids is 1. The summed E-state index contributed by atoms with van der Waals surface area (Å²) in [6.45, 7) is 1.22. The minimum atomic E-state index is -0.966. The van der Waals surface area contributed by atoms with Crippen LogP contribution in [0.25, 0.3) is 0 Å². The average molecular weight is 354 g/mol. The van der Waals surface area contributed by atoms with Gasteiger partial charge in [0, 0.05) is 13.1 Å². The average Bonchev–Trinajstić information content (AvgIpc) is 2.65. The highest BCUT2D eigenvalue weighted by molar-refractivity contribution is 5.85. The third-order valence-corrected chi connectivity index (χ3v) is 4.56. The Morgan fingerprint density at radius 1 is 1.08 bits per heavy atom. The monoisotopic (exact) mass is 354 g/mol. The second-order valence-electron chi connectivity index (χ2n) is 6.37. The van der Waals surface area contributed by atoms with Crippen LogP contribution in [0.3, 0.4) is 0 Å². The lowest BCUT2D eigenvalue weighted by atomic mass is 10.1. The number of rotatable bonds is 6. The zero-order valence-electron chi connectivity index (χ0n) is 14.7. The first-order valence-corrected chi connectivity index (χ1v) is 8.48. The molecule has 26 heavy (non-hydrogen) atoms. The third-order valence-electron chi connectivity index (χ3n) is 4.56. The zero-order chi connectivity index (χ0) is 18.5. The summed E-state index contributed by atoms with van der Waals surface area (Å²) in [6, 6.07) is 16.4. The summed E-state index contributed by atoms with van der Waals surface area (Å²) < 4.78 is 5.16. The zero-order valence-corrected chi connectivity index (χ0v) is 14.7. The van der Waals surface area contributed by atoms with Gasteiger partial charge in [0.05, 0.1) is 20.2 Å². The van der Waals surface area contributed by atoms with Crippen molar-refractivity contribution in [2.24, 2.45) is 0 Å². The first kappa shape index (κ1) is 17.9. The fraction of sp³-hybridized carbons (Fsp3) is 0.300. The Morgan fingerprint density at radius 2 is 1.73 bits per heavy atom. The summed E-state index contributed by atoms with van der Waals surface area (Å²) in [7, 11) is 1.60. The van der Waals surface area contributed by atoms with E-state index in [4.69, 9.17) is 4.74 Å². The van der Waals surface area contributed by atoms with Gasteiger partial charge in [0.25, 0.3) is 0 Å². The molecule has 136 valence electrons. The lowest BCUT2D eigenvalue weighted by Crippen LogP contribution is -2.55. The Morgan fingerprint density at radius 3 is 2.35 bits per heavy atom. The molecule has 0 bridgehead atoms. The number of carbonyl (C=O) groups is 2. The Kier molecular flexibility index (Phi) is 5.53. The number of benzene rings is 2. The maximum atomic E-state index is 12.4. The first-order chi connectivity index (χ1) is 12.6. The molecule has 1 N–H and O–H groups in total. The molecule has 1 saturated heterocycles. The van der Waals surface area contributed by atoms with E-state index in [2.05, 4.69) is 0 Å². The Balaban J connectivity index is 1.75. The predicted octanol–water partition coefficient (Wildman–Crippen LogP) is 2.34. The van der Waals surface area contributed by atoms with Gasteiger partial charge in [-0.3, -0.25) is 14.5 Å². The van der Waals surface area contributed by atoms with E-state index in [9.17, 15) is 14.7 Å². The van der Waals surface area contributed by atoms with E-state index in [1.807, 2.05) is 59.5 Å². The van der Waals surface area contributed by atoms with Gasteiger partial charge in [0.2, 0.25) is 5.91 Å². The number of carbonyl (C=O) groups excluding carboxylic acids is 1. The van der Waals surface area contributed by atoms with Gasteiger partial charge in [-0.25, -0.2) is 0 Å². The molecule has 1 aliphatic rings. The summed E-state index contributed by atoms with van der Waals surface area (Å²) >= 11 is 0. The maximum absolute atomic E-state index is 12.4. The fourth-order valence-corrected chi connectivity index (χ4v) is 3.13. The van der Waals surface area contributed by atoms with Gasteiger partial charge in [0.1, 0.15) is 11.8 Å². The van der Waals surface area contributed by atoms with Crippen molar-refractivity contribution in [3.63, 3.8) is 0 Å². The van der Waals surface area contributed by atoms with Crippen molar-refractivity contribution < 1.29 is 19.4 Å². The number of methoxy groups -OCH3 is 1. The highest BCUT2D eigenvalue weighted by Gasteiger charge is 2.36. The molecule has 0 aromatic heterocycles. The highest BCUT2D eigenvalue weighted by atomic mass is 16.5. The van der Waals surface area contributed by atoms with E-state index < -0.39 is 12.0 Å². The largest absolute Gasteiger partial charge is 0.497 e. The number of hydrogen-bond donors (Lipinski definition) is 1. The lowest BCUT2D eigenvalue weighted by molar-refractivity contribution is -0.156. The summed E-state index contributed by atoms with van der Waals surface area (Å²) in [5, 5.41) is 9.53. The number of amides is 1. The molecule has 0 saturated carbocycles. The van der Waals surface area contributed by atoms with Crippen molar-refractivity contribution in [1.29, 1.82) is 0 Å². The van der Waals surface area contributed by atoms with Gasteiger partial charge in [-0.2, -0.15) is 0 Å². The molecular formula is C20H22N2O4. The molecule has 0 spiro atoms. The van der Waals surface area contributed by atoms with E-state index in [1.54, 1.807) is 12.0 Å². The molecule has 6 heteroatoms. The van der Waals surface area contributed by atoms with Crippen LogP contribution in [0.4, 0.5) is 0 Å². The van der Waals surface area contributed by atoms with Crippen molar-refractivity contribution in [3.05, 3.63) is 65.7 Å². The van der Waals surface area contributed by atoms with Crippen LogP contribution >= 0.6 is 0 Å². The minimum absolute atomic E-state index is 0.0156. The molecule has 0 radical (unpaired) electrons. The maximum Gasteiger partial charge on any atom is 0.321 e. The first-order valence-electron chi connectivity index (χ1n) is 8.48. The molecule has 1 heterocycles. The molecular weight excluding hydrogens is 332 g/mol. The highest BCUT2D eigenvalue weighted by Crippen LogP contribution is 2.21. The van der Waals surface area contributed by atoms with Gasteiger partial charge in [-0.15, -0.1) is 0 Å². The van der Waals surface area contributed by atoms with Crippen LogP contribution in [-0.4, -0.2) is 46.6 Å². The molecule has 1 aliphatic heterocycles. The van der Waals surface area contributed by atoms with E-state index in [-0.39, 0.29) is 19.0 Å². The van der Waals surface area contributed by atoms with Gasteiger partial charge in [-0.1, -0.05) is 42.5 Å². The molecule has 1 amide bonds. The van der Waals surface area contributed by atoms with Crippen molar-refractivity contribution >= 4 is 11.9 Å². The van der Waals surface area contributed by atoms with Crippen LogP contribution in [-0.2, 0) is 22.7 Å². The number of carboxylic acid groups (broad SMARTS) is 1. The van der Waals surface area contributed by atoms with Gasteiger partial charge >= 0.3 is 5.97 Å². The number of hydrogen-bond acceptors (Lipinski definition) is 4. The molecule has 2 aromatic rings. The van der Waals surface area contributed by atoms with Crippen LogP contribution in [0.15, 0.2) is 54.6 Å². The summed E-state index contributed by atoms with van der Waals surface area (Å²) in [5.41, 5.74) is 2.00. The molecule has 6 nitrogen and oxygen atoms in total. The Hall–Kier alpha value is -2.86. The van der Waals surface area contributed by atoms with E-state index in [0.29, 0.717) is 13.1 Å². The molecule has 1 atom stereocenters. The van der Waals surface area contributed by atoms with Gasteiger partial charge in [0.15, 0.2) is 0 Å². The molecule has 3 rings (SSSR count). The molecule has 1 fully saturated rings. The number of nitrogens with zero attached hydrogens (tertiary/aromatic N) is 2. The molecule has 1 unspecified atom stereocenters.